The summed E-state index contributed by atoms with van der Waals surface area (Å²) in [5.41, 5.74) is 3.15. The van der Waals surface area contributed by atoms with Crippen molar-refractivity contribution in [2.75, 3.05) is 19.1 Å². The number of likely N-dealkylation sites (N-methyl/N-ethyl adjacent to an activating group) is 1. The lowest BCUT2D eigenvalue weighted by atomic mass is 10.00. The van der Waals surface area contributed by atoms with E-state index in [-0.39, 0.29) is 0 Å². The van der Waals surface area contributed by atoms with Crippen LogP contribution in [-0.2, 0) is 9.53 Å². The normalized spacial score (nSPS) is 16.5. The minimum atomic E-state index is -0.892. The number of nitrogens with zero attached hydrogens (tertiary/aromatic N) is 2. The maximum Gasteiger partial charge on any atom is 0.304 e. The number of esters is 1. The molecule has 0 aromatic heterocycles. The standard InChI is InChI=1S/C19H17ClN2O3S/c1-11(23)25-18-19(26)22(2)16-9-8-14(24-3)10-15(16)17(21-18)12-4-6-13(20)7-5-12/h4-10,18H,1-3H3/t18-/m0/s1. The number of ether oxygens (including phenoxy) is 2. The van der Waals surface area contributed by atoms with E-state index in [1.54, 1.807) is 24.1 Å². The van der Waals surface area contributed by atoms with Crippen LogP contribution in [0.5, 0.6) is 5.75 Å². The predicted octanol–water partition coefficient (Wildman–Crippen LogP) is 3.85. The van der Waals surface area contributed by atoms with Gasteiger partial charge in [-0.1, -0.05) is 36.0 Å². The van der Waals surface area contributed by atoms with Crippen molar-refractivity contribution < 1.29 is 14.3 Å². The highest BCUT2D eigenvalue weighted by atomic mass is 35.5. The van der Waals surface area contributed by atoms with Gasteiger partial charge in [-0.15, -0.1) is 0 Å². The number of carbonyl (C=O) groups is 1. The maximum absolute atomic E-state index is 11.5. The lowest BCUT2D eigenvalue weighted by Gasteiger charge is -2.23. The molecule has 1 aliphatic heterocycles. The fourth-order valence-corrected chi connectivity index (χ4v) is 3.05. The minimum absolute atomic E-state index is 0.399. The van der Waals surface area contributed by atoms with Crippen LogP contribution in [0, 0.1) is 0 Å². The molecule has 5 nitrogen and oxygen atoms in total. The topological polar surface area (TPSA) is 51.1 Å². The summed E-state index contributed by atoms with van der Waals surface area (Å²) < 4.78 is 10.7. The molecule has 1 aliphatic rings. The molecule has 0 spiro atoms. The summed E-state index contributed by atoms with van der Waals surface area (Å²) in [5, 5.41) is 0.623. The first-order valence-corrected chi connectivity index (χ1v) is 8.66. The monoisotopic (exact) mass is 388 g/mol. The summed E-state index contributed by atoms with van der Waals surface area (Å²) in [5.74, 6) is 0.240. The van der Waals surface area contributed by atoms with Crippen LogP contribution in [0.3, 0.4) is 0 Å². The lowest BCUT2D eigenvalue weighted by Crippen LogP contribution is -2.35. The Kier molecular flexibility index (Phi) is 5.25. The average molecular weight is 389 g/mol. The van der Waals surface area contributed by atoms with Crippen LogP contribution in [0.1, 0.15) is 18.1 Å². The van der Waals surface area contributed by atoms with Gasteiger partial charge in [0, 0.05) is 30.1 Å². The number of rotatable bonds is 3. The zero-order valence-corrected chi connectivity index (χ0v) is 16.1. The third kappa shape index (κ3) is 3.57. The molecule has 2 aromatic carbocycles. The first kappa shape index (κ1) is 18.4. The zero-order chi connectivity index (χ0) is 18.8. The van der Waals surface area contributed by atoms with Crippen LogP contribution in [-0.4, -0.2) is 37.1 Å². The molecule has 0 saturated carbocycles. The SMILES string of the molecule is COc1ccc2c(c1)C(c1ccc(Cl)cc1)=N[C@@H](OC(C)=O)C(=S)N2C. The van der Waals surface area contributed by atoms with Gasteiger partial charge >= 0.3 is 5.97 Å². The predicted molar refractivity (Wildman–Crippen MR) is 107 cm³/mol. The molecule has 1 heterocycles. The summed E-state index contributed by atoms with van der Waals surface area (Å²) in [4.78, 5) is 18.4. The summed E-state index contributed by atoms with van der Waals surface area (Å²) in [6, 6.07) is 12.9. The summed E-state index contributed by atoms with van der Waals surface area (Å²) in [7, 11) is 3.43. The number of methoxy groups -OCH3 is 1. The Morgan fingerprint density at radius 2 is 1.92 bits per heavy atom. The summed E-state index contributed by atoms with van der Waals surface area (Å²) >= 11 is 11.5. The van der Waals surface area contributed by atoms with Crippen molar-refractivity contribution in [2.24, 2.45) is 4.99 Å². The van der Waals surface area contributed by atoms with Gasteiger partial charge in [-0.2, -0.15) is 0 Å². The number of carbonyl (C=O) groups excluding carboxylic acids is 1. The first-order chi connectivity index (χ1) is 12.4. The highest BCUT2D eigenvalue weighted by molar-refractivity contribution is 7.80. The number of thiocarbonyl (C=S) groups is 1. The number of hydrogen-bond acceptors (Lipinski definition) is 5. The first-order valence-electron chi connectivity index (χ1n) is 7.87. The number of fused-ring (bicyclic) bond motifs is 1. The lowest BCUT2D eigenvalue weighted by molar-refractivity contribution is -0.142. The summed E-state index contributed by atoms with van der Waals surface area (Å²) in [6.07, 6.45) is -0.892. The molecule has 0 radical (unpaired) electrons. The second-order valence-corrected chi connectivity index (χ2v) is 6.58. The largest absolute Gasteiger partial charge is 0.497 e. The van der Waals surface area contributed by atoms with E-state index in [0.29, 0.717) is 21.5 Å². The van der Waals surface area contributed by atoms with Gasteiger partial charge in [-0.05, 0) is 30.3 Å². The molecular weight excluding hydrogens is 372 g/mol. The molecular formula is C19H17ClN2O3S. The zero-order valence-electron chi connectivity index (χ0n) is 14.5. The number of benzene rings is 2. The average Bonchev–Trinajstić information content (AvgIpc) is 2.72. The van der Waals surface area contributed by atoms with Crippen molar-refractivity contribution in [3.63, 3.8) is 0 Å². The number of anilines is 1. The van der Waals surface area contributed by atoms with Gasteiger partial charge in [0.05, 0.1) is 18.5 Å². The molecule has 0 saturated heterocycles. The van der Waals surface area contributed by atoms with Crippen molar-refractivity contribution in [1.82, 2.24) is 0 Å². The molecule has 26 heavy (non-hydrogen) atoms. The Morgan fingerprint density at radius 1 is 1.23 bits per heavy atom. The maximum atomic E-state index is 11.5. The van der Waals surface area contributed by atoms with Gasteiger partial charge in [0.15, 0.2) is 0 Å². The molecule has 0 bridgehead atoms. The van der Waals surface area contributed by atoms with Gasteiger partial charge in [0.1, 0.15) is 10.7 Å². The van der Waals surface area contributed by atoms with Crippen LogP contribution in [0.2, 0.25) is 5.02 Å². The van der Waals surface area contributed by atoms with Gasteiger partial charge < -0.3 is 14.4 Å². The molecule has 134 valence electrons. The Bertz CT molecular complexity index is 896. The molecule has 7 heteroatoms. The number of hydrogen-bond donors (Lipinski definition) is 0. The van der Waals surface area contributed by atoms with E-state index >= 15 is 0 Å². The third-order valence-corrected chi connectivity index (χ3v) is 4.73. The Balaban J connectivity index is 2.23. The molecule has 0 N–H and O–H groups in total. The van der Waals surface area contributed by atoms with Gasteiger partial charge in [0.25, 0.3) is 0 Å². The fraction of sp³-hybridized carbons (Fsp3) is 0.211. The Labute approximate surface area is 162 Å². The highest BCUT2D eigenvalue weighted by Gasteiger charge is 2.29. The van der Waals surface area contributed by atoms with Gasteiger partial charge in [-0.3, -0.25) is 4.79 Å². The second kappa shape index (κ2) is 7.43. The van der Waals surface area contributed by atoms with E-state index in [1.165, 1.54) is 6.92 Å². The number of aliphatic imine (C=N–C) groups is 1. The molecule has 2 aromatic rings. The highest BCUT2D eigenvalue weighted by Crippen LogP contribution is 2.32. The van der Waals surface area contributed by atoms with Crippen LogP contribution in [0.4, 0.5) is 5.69 Å². The van der Waals surface area contributed by atoms with E-state index in [4.69, 9.17) is 33.3 Å². The summed E-state index contributed by atoms with van der Waals surface area (Å²) in [6.45, 7) is 1.33. The van der Waals surface area contributed by atoms with Crippen molar-refractivity contribution in [2.45, 2.75) is 13.2 Å². The van der Waals surface area contributed by atoms with Crippen LogP contribution in [0.15, 0.2) is 47.5 Å². The van der Waals surface area contributed by atoms with Crippen LogP contribution >= 0.6 is 23.8 Å². The van der Waals surface area contributed by atoms with Crippen LogP contribution < -0.4 is 9.64 Å². The Morgan fingerprint density at radius 3 is 2.54 bits per heavy atom. The second-order valence-electron chi connectivity index (χ2n) is 5.73. The van der Waals surface area contributed by atoms with Crippen molar-refractivity contribution in [3.05, 3.63) is 58.6 Å². The van der Waals surface area contributed by atoms with E-state index in [1.807, 2.05) is 37.4 Å². The van der Waals surface area contributed by atoms with Gasteiger partial charge in [-0.25, -0.2) is 4.99 Å². The molecule has 1 atom stereocenters. The van der Waals surface area contributed by atoms with E-state index < -0.39 is 12.2 Å². The molecule has 0 fully saturated rings. The van der Waals surface area contributed by atoms with E-state index in [9.17, 15) is 4.79 Å². The molecule has 0 amide bonds. The smallest absolute Gasteiger partial charge is 0.304 e. The van der Waals surface area contributed by atoms with Gasteiger partial charge in [0.2, 0.25) is 6.23 Å². The third-order valence-electron chi connectivity index (χ3n) is 4.00. The quantitative estimate of drug-likeness (QED) is 0.590. The van der Waals surface area contributed by atoms with E-state index in [0.717, 1.165) is 16.8 Å². The molecule has 3 rings (SSSR count). The van der Waals surface area contributed by atoms with Crippen LogP contribution in [0.25, 0.3) is 0 Å². The molecule has 0 aliphatic carbocycles. The molecule has 0 unspecified atom stereocenters. The Hall–Kier alpha value is -2.44. The van der Waals surface area contributed by atoms with Crippen molar-refractivity contribution >= 4 is 46.2 Å². The van der Waals surface area contributed by atoms with Crippen molar-refractivity contribution in [3.8, 4) is 5.75 Å². The number of halogens is 1. The van der Waals surface area contributed by atoms with Crippen molar-refractivity contribution in [1.29, 1.82) is 0 Å². The number of benzodiazepines with no additional fused rings is 1. The minimum Gasteiger partial charge on any atom is -0.497 e. The fourth-order valence-electron chi connectivity index (χ4n) is 2.72. The van der Waals surface area contributed by atoms with E-state index in [2.05, 4.69) is 4.99 Å².